The fourth-order valence-electron chi connectivity index (χ4n) is 2.07. The number of Topliss-reactive ketones (excluding diaryl/α,β-unsaturated/α-hetero) is 1. The van der Waals surface area contributed by atoms with Crippen LogP contribution in [-0.2, 0) is 4.74 Å². The Bertz CT molecular complexity index is 329. The summed E-state index contributed by atoms with van der Waals surface area (Å²) >= 11 is 0. The number of ether oxygens (including phenoxy) is 1. The predicted molar refractivity (Wildman–Crippen MR) is 61.6 cm³/mol. The highest BCUT2D eigenvalue weighted by atomic mass is 16.5. The van der Waals surface area contributed by atoms with E-state index in [4.69, 9.17) is 4.74 Å². The molecular weight excluding hydrogens is 204 g/mol. The Morgan fingerprint density at radius 1 is 1.56 bits per heavy atom. The first-order valence-corrected chi connectivity index (χ1v) is 5.72. The smallest absolute Gasteiger partial charge is 0.192 e. The molecule has 0 aliphatic carbocycles. The lowest BCUT2D eigenvalue weighted by molar-refractivity contribution is 0.0418. The highest BCUT2D eigenvalue weighted by Crippen LogP contribution is 2.13. The van der Waals surface area contributed by atoms with Crippen molar-refractivity contribution in [3.8, 4) is 0 Å². The molecule has 0 spiro atoms. The zero-order valence-corrected chi connectivity index (χ0v) is 9.61. The first-order chi connectivity index (χ1) is 7.77. The van der Waals surface area contributed by atoms with Gasteiger partial charge < -0.3 is 9.72 Å². The minimum Gasteiger partial charge on any atom is -0.381 e. The molecule has 1 saturated heterocycles. The molecule has 0 aromatic carbocycles. The second kappa shape index (κ2) is 5.27. The van der Waals surface area contributed by atoms with Gasteiger partial charge in [-0.1, -0.05) is 0 Å². The summed E-state index contributed by atoms with van der Waals surface area (Å²) in [5, 5.41) is 0. The van der Waals surface area contributed by atoms with Crippen LogP contribution in [0.4, 0.5) is 0 Å². The molecule has 4 heteroatoms. The molecule has 0 amide bonds. The van der Waals surface area contributed by atoms with Crippen molar-refractivity contribution in [2.24, 2.45) is 0 Å². The number of aromatic nitrogens is 1. The summed E-state index contributed by atoms with van der Waals surface area (Å²) in [4.78, 5) is 16.9. The molecule has 0 radical (unpaired) electrons. The zero-order chi connectivity index (χ0) is 11.4. The molecular formula is C12H18N2O2. The number of aromatic amines is 1. The summed E-state index contributed by atoms with van der Waals surface area (Å²) in [6.45, 7) is 2.10. The summed E-state index contributed by atoms with van der Waals surface area (Å²) in [7, 11) is 2.01. The third-order valence-corrected chi connectivity index (χ3v) is 3.11. The first kappa shape index (κ1) is 11.4. The number of hydrogen-bond acceptors (Lipinski definition) is 3. The molecule has 16 heavy (non-hydrogen) atoms. The molecule has 1 aromatic heterocycles. The van der Waals surface area contributed by atoms with Gasteiger partial charge >= 0.3 is 0 Å². The van der Waals surface area contributed by atoms with E-state index in [0.29, 0.717) is 18.3 Å². The van der Waals surface area contributed by atoms with E-state index < -0.39 is 0 Å². The number of ketones is 1. The molecule has 0 bridgehead atoms. The van der Waals surface area contributed by atoms with Gasteiger partial charge in [0, 0.05) is 25.5 Å². The molecule has 2 rings (SSSR count). The fourth-order valence-corrected chi connectivity index (χ4v) is 2.07. The Kier molecular flexibility index (Phi) is 3.74. The average molecular weight is 222 g/mol. The molecule has 4 nitrogen and oxygen atoms in total. The Balaban J connectivity index is 1.86. The van der Waals surface area contributed by atoms with Gasteiger partial charge in [-0.25, -0.2) is 0 Å². The largest absolute Gasteiger partial charge is 0.381 e. The molecule has 1 N–H and O–H groups in total. The van der Waals surface area contributed by atoms with E-state index in [9.17, 15) is 4.79 Å². The van der Waals surface area contributed by atoms with Crippen LogP contribution in [-0.4, -0.2) is 48.5 Å². The molecule has 0 atom stereocenters. The SMILES string of the molecule is CN(CC(=O)c1ccc[nH]1)C1CCOCC1. The van der Waals surface area contributed by atoms with E-state index in [1.807, 2.05) is 19.2 Å². The monoisotopic (exact) mass is 222 g/mol. The van der Waals surface area contributed by atoms with Crippen molar-refractivity contribution in [1.82, 2.24) is 9.88 Å². The van der Waals surface area contributed by atoms with Crippen LogP contribution in [0, 0.1) is 0 Å². The molecule has 0 unspecified atom stereocenters. The van der Waals surface area contributed by atoms with Crippen LogP contribution in [0.1, 0.15) is 23.3 Å². The lowest BCUT2D eigenvalue weighted by Crippen LogP contribution is -2.39. The predicted octanol–water partition coefficient (Wildman–Crippen LogP) is 1.31. The Labute approximate surface area is 95.6 Å². The van der Waals surface area contributed by atoms with Crippen molar-refractivity contribution in [2.45, 2.75) is 18.9 Å². The summed E-state index contributed by atoms with van der Waals surface area (Å²) < 4.78 is 5.31. The van der Waals surface area contributed by atoms with E-state index in [2.05, 4.69) is 9.88 Å². The van der Waals surface area contributed by atoms with Crippen LogP contribution < -0.4 is 0 Å². The van der Waals surface area contributed by atoms with Crippen molar-refractivity contribution in [2.75, 3.05) is 26.8 Å². The van der Waals surface area contributed by atoms with E-state index >= 15 is 0 Å². The Hall–Kier alpha value is -1.13. The maximum Gasteiger partial charge on any atom is 0.192 e. The van der Waals surface area contributed by atoms with Gasteiger partial charge in [0.25, 0.3) is 0 Å². The van der Waals surface area contributed by atoms with Crippen LogP contribution in [0.5, 0.6) is 0 Å². The average Bonchev–Trinajstić information content (AvgIpc) is 2.83. The Morgan fingerprint density at radius 2 is 2.31 bits per heavy atom. The normalized spacial score (nSPS) is 17.9. The number of hydrogen-bond donors (Lipinski definition) is 1. The minimum absolute atomic E-state index is 0.152. The molecule has 1 aromatic rings. The van der Waals surface area contributed by atoms with Crippen LogP contribution in [0.15, 0.2) is 18.3 Å². The highest BCUT2D eigenvalue weighted by molar-refractivity contribution is 5.95. The van der Waals surface area contributed by atoms with E-state index in [0.717, 1.165) is 26.1 Å². The number of likely N-dealkylation sites (N-methyl/N-ethyl adjacent to an activating group) is 1. The molecule has 1 aliphatic heterocycles. The number of nitrogens with one attached hydrogen (secondary N) is 1. The minimum atomic E-state index is 0.152. The molecule has 2 heterocycles. The number of carbonyl (C=O) groups excluding carboxylic acids is 1. The van der Waals surface area contributed by atoms with E-state index in [1.54, 1.807) is 6.20 Å². The first-order valence-electron chi connectivity index (χ1n) is 5.72. The molecule has 0 saturated carbocycles. The van der Waals surface area contributed by atoms with Gasteiger partial charge in [-0.15, -0.1) is 0 Å². The molecule has 1 aliphatic rings. The summed E-state index contributed by atoms with van der Waals surface area (Å²) in [6, 6.07) is 4.15. The number of rotatable bonds is 4. The van der Waals surface area contributed by atoms with Crippen molar-refractivity contribution < 1.29 is 9.53 Å². The van der Waals surface area contributed by atoms with E-state index in [-0.39, 0.29) is 5.78 Å². The van der Waals surface area contributed by atoms with Gasteiger partial charge in [-0.3, -0.25) is 9.69 Å². The third-order valence-electron chi connectivity index (χ3n) is 3.11. The molecule has 1 fully saturated rings. The maximum absolute atomic E-state index is 11.9. The van der Waals surface area contributed by atoms with Gasteiger partial charge in [0.1, 0.15) is 0 Å². The number of carbonyl (C=O) groups is 1. The third kappa shape index (κ3) is 2.71. The second-order valence-corrected chi connectivity index (χ2v) is 4.27. The topological polar surface area (TPSA) is 45.3 Å². The van der Waals surface area contributed by atoms with Crippen LogP contribution in [0.2, 0.25) is 0 Å². The fraction of sp³-hybridized carbons (Fsp3) is 0.583. The lowest BCUT2D eigenvalue weighted by atomic mass is 10.1. The molecule has 88 valence electrons. The van der Waals surface area contributed by atoms with Gasteiger partial charge in [0.05, 0.1) is 12.2 Å². The highest BCUT2D eigenvalue weighted by Gasteiger charge is 2.20. The summed E-state index contributed by atoms with van der Waals surface area (Å²) in [6.07, 6.45) is 3.82. The van der Waals surface area contributed by atoms with Gasteiger partial charge in [0.15, 0.2) is 5.78 Å². The Morgan fingerprint density at radius 3 is 2.94 bits per heavy atom. The van der Waals surface area contributed by atoms with Gasteiger partial charge in [0.2, 0.25) is 0 Å². The maximum atomic E-state index is 11.9. The quantitative estimate of drug-likeness (QED) is 0.781. The van der Waals surface area contributed by atoms with Gasteiger partial charge in [-0.2, -0.15) is 0 Å². The zero-order valence-electron chi connectivity index (χ0n) is 9.61. The van der Waals surface area contributed by atoms with Crippen molar-refractivity contribution in [3.05, 3.63) is 24.0 Å². The summed E-state index contributed by atoms with van der Waals surface area (Å²) in [5.74, 6) is 0.152. The van der Waals surface area contributed by atoms with Crippen molar-refractivity contribution in [3.63, 3.8) is 0 Å². The number of H-pyrrole nitrogens is 1. The van der Waals surface area contributed by atoms with E-state index in [1.165, 1.54) is 0 Å². The van der Waals surface area contributed by atoms with Crippen LogP contribution in [0.3, 0.4) is 0 Å². The summed E-state index contributed by atoms with van der Waals surface area (Å²) in [5.41, 5.74) is 0.693. The lowest BCUT2D eigenvalue weighted by Gasteiger charge is -2.30. The van der Waals surface area contributed by atoms with Crippen LogP contribution >= 0.6 is 0 Å². The number of nitrogens with zero attached hydrogens (tertiary/aromatic N) is 1. The van der Waals surface area contributed by atoms with Crippen molar-refractivity contribution in [1.29, 1.82) is 0 Å². The standard InChI is InChI=1S/C12H18N2O2/c1-14(10-4-7-16-8-5-10)9-12(15)11-3-2-6-13-11/h2-3,6,10,13H,4-5,7-9H2,1H3. The van der Waals surface area contributed by atoms with Crippen molar-refractivity contribution >= 4 is 5.78 Å². The van der Waals surface area contributed by atoms with Crippen LogP contribution in [0.25, 0.3) is 0 Å². The van der Waals surface area contributed by atoms with Gasteiger partial charge in [-0.05, 0) is 32.0 Å². The second-order valence-electron chi connectivity index (χ2n) is 4.27.